The van der Waals surface area contributed by atoms with E-state index in [0.29, 0.717) is 11.3 Å². The van der Waals surface area contributed by atoms with Crippen LogP contribution in [-0.2, 0) is 32.2 Å². The number of halogens is 3. The first-order chi connectivity index (χ1) is 23.2. The number of ether oxygens (including phenoxy) is 2. The third-order valence-electron chi connectivity index (χ3n) is 9.55. The Labute approximate surface area is 278 Å². The van der Waals surface area contributed by atoms with E-state index < -0.39 is 30.3 Å². The summed E-state index contributed by atoms with van der Waals surface area (Å²) < 4.78 is 52.3. The van der Waals surface area contributed by atoms with Gasteiger partial charge >= 0.3 is 12.1 Å². The van der Waals surface area contributed by atoms with Gasteiger partial charge in [-0.05, 0) is 66.6 Å². The number of nitrogens with zero attached hydrogens (tertiary/aromatic N) is 2. The van der Waals surface area contributed by atoms with E-state index in [1.807, 2.05) is 72.8 Å². The lowest BCUT2D eigenvalue weighted by atomic mass is 9.97. The monoisotopic (exact) mass is 665 g/mol. The summed E-state index contributed by atoms with van der Waals surface area (Å²) >= 11 is 0. The first kappa shape index (κ1) is 34.1. The molecule has 4 unspecified atom stereocenters. The minimum atomic E-state index is -5.02. The Hall–Kier alpha value is -3.77. The zero-order valence-corrected chi connectivity index (χ0v) is 26.8. The molecule has 8 nitrogen and oxygen atoms in total. The molecule has 6 rings (SSSR count). The highest BCUT2D eigenvalue weighted by Gasteiger charge is 2.47. The number of carbonyl (C=O) groups excluding carboxylic acids is 2. The Bertz CT molecular complexity index is 1540. The number of aliphatic hydroxyl groups is 1. The summed E-state index contributed by atoms with van der Waals surface area (Å²) in [5.41, 5.74) is 5.33. The van der Waals surface area contributed by atoms with Crippen LogP contribution in [0, 0.1) is 0 Å². The Balaban J connectivity index is 1.15. The van der Waals surface area contributed by atoms with Crippen LogP contribution in [0.3, 0.4) is 0 Å². The average Bonchev–Trinajstić information content (AvgIpc) is 3.60. The van der Waals surface area contributed by atoms with Crippen LogP contribution < -0.4 is 5.32 Å². The molecular formula is C37H42F3N3O5. The highest BCUT2D eigenvalue weighted by atomic mass is 19.4. The average molecular weight is 666 g/mol. The van der Waals surface area contributed by atoms with Gasteiger partial charge < -0.3 is 29.7 Å². The molecule has 0 spiro atoms. The molecule has 3 aromatic rings. The maximum atomic E-state index is 13.1. The summed E-state index contributed by atoms with van der Waals surface area (Å²) in [7, 11) is 0. The van der Waals surface area contributed by atoms with Crippen molar-refractivity contribution < 1.29 is 37.3 Å². The third-order valence-corrected chi connectivity index (χ3v) is 9.55. The van der Waals surface area contributed by atoms with Crippen LogP contribution in [0.15, 0.2) is 72.8 Å². The fourth-order valence-corrected chi connectivity index (χ4v) is 6.98. The molecule has 3 aliphatic rings. The van der Waals surface area contributed by atoms with Crippen molar-refractivity contribution in [3.8, 4) is 11.1 Å². The summed E-state index contributed by atoms with van der Waals surface area (Å²) in [6.45, 7) is 2.97. The summed E-state index contributed by atoms with van der Waals surface area (Å²) in [5.74, 6) is -2.57. The molecule has 4 atom stereocenters. The molecule has 0 radical (unpaired) electrons. The number of piperidine rings is 1. The molecule has 256 valence electrons. The van der Waals surface area contributed by atoms with Crippen molar-refractivity contribution >= 4 is 11.8 Å². The molecule has 3 aliphatic heterocycles. The van der Waals surface area contributed by atoms with E-state index in [0.717, 1.165) is 59.4 Å². The lowest BCUT2D eigenvalue weighted by Crippen LogP contribution is -2.50. The topological polar surface area (TPSA) is 91.3 Å². The minimum Gasteiger partial charge on any atom is -0.392 e. The smallest absolute Gasteiger partial charge is 0.392 e. The molecule has 2 N–H and O–H groups in total. The molecule has 3 fully saturated rings. The molecule has 2 amide bonds. The van der Waals surface area contributed by atoms with Crippen molar-refractivity contribution in [2.45, 2.75) is 82.4 Å². The summed E-state index contributed by atoms with van der Waals surface area (Å²) in [6, 6.07) is 22.1. The van der Waals surface area contributed by atoms with Crippen LogP contribution in [0.4, 0.5) is 13.2 Å². The van der Waals surface area contributed by atoms with Gasteiger partial charge in [0.2, 0.25) is 5.91 Å². The first-order valence-corrected chi connectivity index (χ1v) is 16.8. The number of alkyl halides is 3. The zero-order chi connectivity index (χ0) is 33.7. The van der Waals surface area contributed by atoms with E-state index in [4.69, 9.17) is 9.47 Å². The van der Waals surface area contributed by atoms with Gasteiger partial charge in [0.05, 0.1) is 18.8 Å². The standard InChI is InChI=1S/C37H42F3N3O5/c38-37(39,40)36(46)43-20-6-9-32(43)34(45)41-22-29-7-2-3-8-31(29)26-14-16-28(17-15-26)35-47-30(23-42-18-4-1-5-19-42)21-33(48-35)27-12-10-25(24-44)11-13-27/h2-3,7-8,10-17,30,32-33,35,44H,1,4-6,9,18-24H2,(H,41,45). The maximum absolute atomic E-state index is 13.1. The number of carbonyl (C=O) groups is 2. The van der Waals surface area contributed by atoms with Crippen LogP contribution in [0.25, 0.3) is 11.1 Å². The molecule has 0 bridgehead atoms. The number of nitrogens with one attached hydrogen (secondary N) is 1. The molecule has 0 saturated carbocycles. The normalized spacial score (nSPS) is 23.6. The molecule has 3 heterocycles. The van der Waals surface area contributed by atoms with Gasteiger partial charge in [-0.1, -0.05) is 79.2 Å². The van der Waals surface area contributed by atoms with Crippen molar-refractivity contribution in [2.24, 2.45) is 0 Å². The molecule has 3 aromatic carbocycles. The van der Waals surface area contributed by atoms with Gasteiger partial charge in [-0.15, -0.1) is 0 Å². The van der Waals surface area contributed by atoms with Gasteiger partial charge in [0.1, 0.15) is 6.04 Å². The SMILES string of the molecule is O=C(NCc1ccccc1-c1ccc(C2OC(CN3CCCCC3)CC(c3ccc(CO)cc3)O2)cc1)C1CCCN1C(=O)C(F)(F)F. The maximum Gasteiger partial charge on any atom is 0.471 e. The fourth-order valence-electron chi connectivity index (χ4n) is 6.98. The predicted octanol–water partition coefficient (Wildman–Crippen LogP) is 6.05. The van der Waals surface area contributed by atoms with Gasteiger partial charge in [-0.3, -0.25) is 9.59 Å². The van der Waals surface area contributed by atoms with Gasteiger partial charge in [-0.25, -0.2) is 0 Å². The Kier molecular flexibility index (Phi) is 10.8. The molecule has 11 heteroatoms. The van der Waals surface area contributed by atoms with Crippen LogP contribution in [0.1, 0.15) is 73.2 Å². The number of benzene rings is 3. The van der Waals surface area contributed by atoms with Crippen LogP contribution >= 0.6 is 0 Å². The fraction of sp³-hybridized carbons (Fsp3) is 0.459. The highest BCUT2D eigenvalue weighted by Crippen LogP contribution is 2.39. The Morgan fingerprint density at radius 2 is 1.56 bits per heavy atom. The number of hydrogen-bond donors (Lipinski definition) is 2. The van der Waals surface area contributed by atoms with E-state index in [9.17, 15) is 27.9 Å². The zero-order valence-electron chi connectivity index (χ0n) is 26.8. The lowest BCUT2D eigenvalue weighted by Gasteiger charge is -2.39. The molecule has 48 heavy (non-hydrogen) atoms. The van der Waals surface area contributed by atoms with Crippen LogP contribution in [-0.4, -0.2) is 71.2 Å². The number of likely N-dealkylation sites (tertiary alicyclic amines) is 2. The van der Waals surface area contributed by atoms with Gasteiger partial charge in [0, 0.05) is 31.6 Å². The number of aliphatic hydroxyl groups excluding tert-OH is 1. The first-order valence-electron chi connectivity index (χ1n) is 16.8. The third kappa shape index (κ3) is 8.08. The van der Waals surface area contributed by atoms with Crippen molar-refractivity contribution in [3.63, 3.8) is 0 Å². The highest BCUT2D eigenvalue weighted by molar-refractivity contribution is 5.90. The van der Waals surface area contributed by atoms with Crippen LogP contribution in [0.2, 0.25) is 0 Å². The van der Waals surface area contributed by atoms with Crippen molar-refractivity contribution in [1.29, 1.82) is 0 Å². The van der Waals surface area contributed by atoms with Crippen LogP contribution in [0.5, 0.6) is 0 Å². The summed E-state index contributed by atoms with van der Waals surface area (Å²) in [6.07, 6.45) is -0.867. The van der Waals surface area contributed by atoms with Crippen molar-refractivity contribution in [3.05, 3.63) is 95.1 Å². The van der Waals surface area contributed by atoms with Crippen molar-refractivity contribution in [1.82, 2.24) is 15.1 Å². The van der Waals surface area contributed by atoms with E-state index >= 15 is 0 Å². The second kappa shape index (κ2) is 15.2. The second-order valence-electron chi connectivity index (χ2n) is 12.9. The summed E-state index contributed by atoms with van der Waals surface area (Å²) in [5, 5.41) is 12.3. The summed E-state index contributed by atoms with van der Waals surface area (Å²) in [4.78, 5) is 27.9. The molecule has 0 aromatic heterocycles. The van der Waals surface area contributed by atoms with Crippen molar-refractivity contribution in [2.75, 3.05) is 26.2 Å². The van der Waals surface area contributed by atoms with Gasteiger partial charge in [-0.2, -0.15) is 13.2 Å². The number of amides is 2. The molecule has 0 aliphatic carbocycles. The van der Waals surface area contributed by atoms with Gasteiger partial charge in [0.25, 0.3) is 0 Å². The number of rotatable bonds is 9. The van der Waals surface area contributed by atoms with E-state index in [-0.39, 0.29) is 38.3 Å². The molecular weight excluding hydrogens is 623 g/mol. The Morgan fingerprint density at radius 1 is 0.854 bits per heavy atom. The van der Waals surface area contributed by atoms with E-state index in [1.165, 1.54) is 19.3 Å². The van der Waals surface area contributed by atoms with E-state index in [1.54, 1.807) is 0 Å². The second-order valence-corrected chi connectivity index (χ2v) is 12.9. The largest absolute Gasteiger partial charge is 0.471 e. The van der Waals surface area contributed by atoms with Gasteiger partial charge in [0.15, 0.2) is 6.29 Å². The Morgan fingerprint density at radius 3 is 2.27 bits per heavy atom. The minimum absolute atomic E-state index is 0.0148. The van der Waals surface area contributed by atoms with E-state index in [2.05, 4.69) is 10.2 Å². The lowest BCUT2D eigenvalue weighted by molar-refractivity contribution is -0.253. The molecule has 3 saturated heterocycles. The number of hydrogen-bond acceptors (Lipinski definition) is 6. The quantitative estimate of drug-likeness (QED) is 0.290. The predicted molar refractivity (Wildman–Crippen MR) is 173 cm³/mol.